The van der Waals surface area contributed by atoms with Gasteiger partial charge in [-0.05, 0) is 12.1 Å². The molecular weight excluding hydrogens is 366 g/mol. The Morgan fingerprint density at radius 1 is 1.00 bits per heavy atom. The van der Waals surface area contributed by atoms with Gasteiger partial charge >= 0.3 is 5.97 Å². The summed E-state index contributed by atoms with van der Waals surface area (Å²) < 4.78 is 21.2. The van der Waals surface area contributed by atoms with E-state index in [2.05, 4.69) is 4.98 Å². The maximum atomic E-state index is 12.4. The smallest absolute Gasteiger partial charge is 0.338 e. The molecule has 0 unspecified atom stereocenters. The topological polar surface area (TPSA) is 66.9 Å². The van der Waals surface area contributed by atoms with E-state index in [0.29, 0.717) is 28.5 Å². The minimum Gasteiger partial charge on any atom is -0.493 e. The quantitative estimate of drug-likeness (QED) is 0.568. The van der Waals surface area contributed by atoms with Crippen molar-refractivity contribution in [3.8, 4) is 27.8 Å². The van der Waals surface area contributed by atoms with Gasteiger partial charge in [0, 0.05) is 10.9 Å². The van der Waals surface area contributed by atoms with Crippen LogP contribution < -0.4 is 14.2 Å². The Balaban J connectivity index is 1.72. The molecule has 3 rings (SSSR count). The summed E-state index contributed by atoms with van der Waals surface area (Å²) in [5, 5.41) is 2.76. The molecule has 3 aromatic rings. The van der Waals surface area contributed by atoms with Gasteiger partial charge in [0.15, 0.2) is 11.5 Å². The number of rotatable bonds is 7. The Bertz CT molecular complexity index is 898. The molecular formula is C20H19NO5S. The Kier molecular flexibility index (Phi) is 5.93. The summed E-state index contributed by atoms with van der Waals surface area (Å²) >= 11 is 1.51. The summed E-state index contributed by atoms with van der Waals surface area (Å²) in [7, 11) is 4.49. The van der Waals surface area contributed by atoms with E-state index in [1.165, 1.54) is 32.7 Å². The van der Waals surface area contributed by atoms with Crippen molar-refractivity contribution in [3.63, 3.8) is 0 Å². The lowest BCUT2D eigenvalue weighted by Gasteiger charge is -2.13. The van der Waals surface area contributed by atoms with Gasteiger partial charge < -0.3 is 18.9 Å². The zero-order valence-corrected chi connectivity index (χ0v) is 16.0. The van der Waals surface area contributed by atoms with Gasteiger partial charge in [0.05, 0.1) is 32.6 Å². The highest BCUT2D eigenvalue weighted by Gasteiger charge is 2.18. The molecule has 0 bridgehead atoms. The van der Waals surface area contributed by atoms with Crippen LogP contribution in [0.4, 0.5) is 0 Å². The lowest BCUT2D eigenvalue weighted by atomic mass is 10.2. The molecule has 6 nitrogen and oxygen atoms in total. The van der Waals surface area contributed by atoms with Crippen LogP contribution in [0.3, 0.4) is 0 Å². The van der Waals surface area contributed by atoms with Gasteiger partial charge in [-0.1, -0.05) is 30.3 Å². The third kappa shape index (κ3) is 4.20. The third-order valence-electron chi connectivity index (χ3n) is 3.82. The van der Waals surface area contributed by atoms with E-state index < -0.39 is 5.97 Å². The number of methoxy groups -OCH3 is 3. The summed E-state index contributed by atoms with van der Waals surface area (Å²) in [6, 6.07) is 13.0. The van der Waals surface area contributed by atoms with Gasteiger partial charge in [-0.15, -0.1) is 11.3 Å². The summed E-state index contributed by atoms with van der Waals surface area (Å²) in [5.41, 5.74) is 2.03. The molecule has 1 aromatic heterocycles. The summed E-state index contributed by atoms with van der Waals surface area (Å²) in [6.07, 6.45) is 0. The Hall–Kier alpha value is -3.06. The molecule has 140 valence electrons. The maximum Gasteiger partial charge on any atom is 0.338 e. The lowest BCUT2D eigenvalue weighted by Crippen LogP contribution is -2.07. The van der Waals surface area contributed by atoms with Crippen LogP contribution in [0.5, 0.6) is 17.2 Å². The monoisotopic (exact) mass is 385 g/mol. The maximum absolute atomic E-state index is 12.4. The normalized spacial score (nSPS) is 10.3. The first-order chi connectivity index (χ1) is 13.2. The van der Waals surface area contributed by atoms with Gasteiger partial charge in [-0.25, -0.2) is 9.78 Å². The number of nitrogens with zero attached hydrogens (tertiary/aromatic N) is 1. The predicted molar refractivity (Wildman–Crippen MR) is 103 cm³/mol. The Morgan fingerprint density at radius 3 is 2.26 bits per heavy atom. The molecule has 0 saturated heterocycles. The van der Waals surface area contributed by atoms with Crippen LogP contribution in [-0.4, -0.2) is 32.3 Å². The molecule has 0 N–H and O–H groups in total. The van der Waals surface area contributed by atoms with Crippen LogP contribution in [0.2, 0.25) is 0 Å². The molecule has 2 aromatic carbocycles. The minimum atomic E-state index is -0.497. The van der Waals surface area contributed by atoms with Gasteiger partial charge in [-0.2, -0.15) is 0 Å². The van der Waals surface area contributed by atoms with E-state index >= 15 is 0 Å². The number of benzene rings is 2. The molecule has 0 saturated carbocycles. The van der Waals surface area contributed by atoms with E-state index in [1.54, 1.807) is 12.1 Å². The van der Waals surface area contributed by atoms with Crippen molar-refractivity contribution in [2.24, 2.45) is 0 Å². The first-order valence-electron chi connectivity index (χ1n) is 8.13. The van der Waals surface area contributed by atoms with Gasteiger partial charge in [0.25, 0.3) is 0 Å². The zero-order valence-electron chi connectivity index (χ0n) is 15.2. The summed E-state index contributed by atoms with van der Waals surface area (Å²) in [5.74, 6) is 0.708. The SMILES string of the molecule is COc1cc(C(=O)OCc2csc(-c3ccccc3)n2)cc(OC)c1OC. The first-order valence-corrected chi connectivity index (χ1v) is 9.01. The molecule has 27 heavy (non-hydrogen) atoms. The van der Waals surface area contributed by atoms with Crippen LogP contribution in [0.15, 0.2) is 47.8 Å². The molecule has 0 spiro atoms. The van der Waals surface area contributed by atoms with Crippen molar-refractivity contribution < 1.29 is 23.7 Å². The highest BCUT2D eigenvalue weighted by atomic mass is 32.1. The number of carbonyl (C=O) groups excluding carboxylic acids is 1. The van der Waals surface area contributed by atoms with Crippen molar-refractivity contribution in [1.29, 1.82) is 0 Å². The van der Waals surface area contributed by atoms with Crippen molar-refractivity contribution in [2.75, 3.05) is 21.3 Å². The van der Waals surface area contributed by atoms with Crippen LogP contribution in [0.1, 0.15) is 16.1 Å². The average molecular weight is 385 g/mol. The molecule has 0 radical (unpaired) electrons. The molecule has 0 amide bonds. The average Bonchev–Trinajstić information content (AvgIpc) is 3.20. The highest BCUT2D eigenvalue weighted by Crippen LogP contribution is 2.38. The molecule has 0 aliphatic rings. The van der Waals surface area contributed by atoms with Gasteiger partial charge in [-0.3, -0.25) is 0 Å². The molecule has 0 aliphatic heterocycles. The fourth-order valence-corrected chi connectivity index (χ4v) is 3.32. The number of carbonyl (C=O) groups is 1. The molecule has 1 heterocycles. The van der Waals surface area contributed by atoms with Crippen LogP contribution in [-0.2, 0) is 11.3 Å². The molecule has 7 heteroatoms. The predicted octanol–water partition coefficient (Wildman–Crippen LogP) is 4.19. The number of ether oxygens (including phenoxy) is 4. The summed E-state index contributed by atoms with van der Waals surface area (Å²) in [6.45, 7) is 0.0822. The molecule has 0 fully saturated rings. The fraction of sp³-hybridized carbons (Fsp3) is 0.200. The number of esters is 1. The molecule has 0 aliphatic carbocycles. The van der Waals surface area contributed by atoms with Crippen LogP contribution in [0.25, 0.3) is 10.6 Å². The van der Waals surface area contributed by atoms with Crippen molar-refractivity contribution in [3.05, 3.63) is 59.1 Å². The van der Waals surface area contributed by atoms with Gasteiger partial charge in [0.1, 0.15) is 11.6 Å². The highest BCUT2D eigenvalue weighted by molar-refractivity contribution is 7.13. The first kappa shape index (κ1) is 18.7. The number of hydrogen-bond acceptors (Lipinski definition) is 7. The fourth-order valence-electron chi connectivity index (χ4n) is 2.51. The number of aromatic nitrogens is 1. The lowest BCUT2D eigenvalue weighted by molar-refractivity contribution is 0.0467. The van der Waals surface area contributed by atoms with E-state index in [9.17, 15) is 4.79 Å². The van der Waals surface area contributed by atoms with Crippen LogP contribution in [0, 0.1) is 0 Å². The zero-order chi connectivity index (χ0) is 19.2. The standard InChI is InChI=1S/C20H19NO5S/c1-23-16-9-14(10-17(24-2)18(16)25-3)20(22)26-11-15-12-27-19(21-15)13-7-5-4-6-8-13/h4-10,12H,11H2,1-3H3. The molecule has 0 atom stereocenters. The van der Waals surface area contributed by atoms with Crippen molar-refractivity contribution in [1.82, 2.24) is 4.98 Å². The summed E-state index contributed by atoms with van der Waals surface area (Å²) in [4.78, 5) is 16.9. The third-order valence-corrected chi connectivity index (χ3v) is 4.76. The van der Waals surface area contributed by atoms with E-state index in [4.69, 9.17) is 18.9 Å². The Morgan fingerprint density at radius 2 is 1.67 bits per heavy atom. The van der Waals surface area contributed by atoms with E-state index in [1.807, 2.05) is 35.7 Å². The van der Waals surface area contributed by atoms with Crippen LogP contribution >= 0.6 is 11.3 Å². The second-order valence-corrected chi connectivity index (χ2v) is 6.36. The van der Waals surface area contributed by atoms with E-state index in [-0.39, 0.29) is 6.61 Å². The largest absolute Gasteiger partial charge is 0.493 e. The van der Waals surface area contributed by atoms with Crippen molar-refractivity contribution >= 4 is 17.3 Å². The van der Waals surface area contributed by atoms with Gasteiger partial charge in [0.2, 0.25) is 5.75 Å². The Labute approximate surface area is 161 Å². The van der Waals surface area contributed by atoms with Crippen molar-refractivity contribution in [2.45, 2.75) is 6.61 Å². The second-order valence-electron chi connectivity index (χ2n) is 5.50. The number of thiazole rings is 1. The second kappa shape index (κ2) is 8.55. The minimum absolute atomic E-state index is 0.0822. The van der Waals surface area contributed by atoms with E-state index in [0.717, 1.165) is 10.6 Å². The number of hydrogen-bond donors (Lipinski definition) is 0.